The monoisotopic (exact) mass is 262 g/mol. The van der Waals surface area contributed by atoms with Crippen LogP contribution in [0.3, 0.4) is 0 Å². The van der Waals surface area contributed by atoms with Gasteiger partial charge in [-0.1, -0.05) is 24.4 Å². The van der Waals surface area contributed by atoms with Crippen LogP contribution in [0.2, 0.25) is 0 Å². The van der Waals surface area contributed by atoms with Crippen LogP contribution >= 0.6 is 12.2 Å². The molecule has 0 N–H and O–H groups in total. The van der Waals surface area contributed by atoms with Gasteiger partial charge in [-0.2, -0.15) is 0 Å². The Kier molecular flexibility index (Phi) is 3.48. The van der Waals surface area contributed by atoms with Crippen molar-refractivity contribution in [1.82, 2.24) is 0 Å². The summed E-state index contributed by atoms with van der Waals surface area (Å²) in [5.74, 6) is 1.14. The SMILES string of the molecule is COc1ccc(-c2c(OC(C)C)c(=O)c2=S)cc1. The number of benzene rings is 1. The van der Waals surface area contributed by atoms with E-state index in [4.69, 9.17) is 21.7 Å². The fourth-order valence-electron chi connectivity index (χ4n) is 1.74. The molecule has 0 aromatic heterocycles. The summed E-state index contributed by atoms with van der Waals surface area (Å²) < 4.78 is 10.9. The van der Waals surface area contributed by atoms with Gasteiger partial charge >= 0.3 is 0 Å². The molecule has 2 aromatic carbocycles. The van der Waals surface area contributed by atoms with Crippen LogP contribution in [0.25, 0.3) is 11.1 Å². The molecule has 4 heteroatoms. The van der Waals surface area contributed by atoms with Gasteiger partial charge < -0.3 is 9.47 Å². The van der Waals surface area contributed by atoms with Crippen LogP contribution < -0.4 is 14.9 Å². The van der Waals surface area contributed by atoms with Gasteiger partial charge in [0.1, 0.15) is 10.3 Å². The fraction of sp³-hybridized carbons (Fsp3) is 0.286. The standard InChI is InChI=1S/C14H14O3S/c1-8(2)17-13-11(14(18)12(13)15)9-4-6-10(16-3)7-5-9/h4-8H,1-3H3. The molecule has 94 valence electrons. The highest BCUT2D eigenvalue weighted by Crippen LogP contribution is 2.33. The Morgan fingerprint density at radius 3 is 2.28 bits per heavy atom. The smallest absolute Gasteiger partial charge is 0.239 e. The van der Waals surface area contributed by atoms with Gasteiger partial charge in [0, 0.05) is 0 Å². The van der Waals surface area contributed by atoms with E-state index in [2.05, 4.69) is 0 Å². The predicted molar refractivity (Wildman–Crippen MR) is 73.7 cm³/mol. The molecule has 0 atom stereocenters. The third kappa shape index (κ3) is 2.16. The lowest BCUT2D eigenvalue weighted by Gasteiger charge is -2.16. The first-order valence-electron chi connectivity index (χ1n) is 5.69. The van der Waals surface area contributed by atoms with Crippen molar-refractivity contribution in [2.45, 2.75) is 20.0 Å². The molecule has 0 heterocycles. The van der Waals surface area contributed by atoms with Crippen LogP contribution in [0.5, 0.6) is 11.5 Å². The molecule has 0 bridgehead atoms. The maximum atomic E-state index is 11.7. The maximum Gasteiger partial charge on any atom is 0.239 e. The molecule has 3 nitrogen and oxygen atoms in total. The Labute approximate surface area is 111 Å². The largest absolute Gasteiger partial charge is 0.497 e. The van der Waals surface area contributed by atoms with Crippen LogP contribution in [0.15, 0.2) is 29.1 Å². The molecule has 0 radical (unpaired) electrons. The summed E-state index contributed by atoms with van der Waals surface area (Å²) in [5.41, 5.74) is 1.44. The lowest BCUT2D eigenvalue weighted by molar-refractivity contribution is 0.239. The molecule has 0 fully saturated rings. The van der Waals surface area contributed by atoms with Crippen LogP contribution in [-0.2, 0) is 0 Å². The summed E-state index contributed by atoms with van der Waals surface area (Å²) in [6, 6.07) is 7.41. The molecule has 0 aliphatic rings. The van der Waals surface area contributed by atoms with Crippen molar-refractivity contribution in [3.8, 4) is 22.6 Å². The van der Waals surface area contributed by atoms with Gasteiger partial charge in [0.15, 0.2) is 5.75 Å². The topological polar surface area (TPSA) is 35.5 Å². The molecule has 2 aromatic rings. The van der Waals surface area contributed by atoms with Gasteiger partial charge in [0.05, 0.1) is 18.8 Å². The summed E-state index contributed by atoms with van der Waals surface area (Å²) in [4.78, 5) is 11.7. The van der Waals surface area contributed by atoms with E-state index in [0.29, 0.717) is 10.3 Å². The van der Waals surface area contributed by atoms with Gasteiger partial charge in [-0.05, 0) is 31.5 Å². The van der Waals surface area contributed by atoms with E-state index in [1.54, 1.807) is 7.11 Å². The highest BCUT2D eigenvalue weighted by molar-refractivity contribution is 7.71. The zero-order valence-corrected chi connectivity index (χ0v) is 11.3. The molecule has 0 unspecified atom stereocenters. The van der Waals surface area contributed by atoms with Crippen molar-refractivity contribution in [1.29, 1.82) is 0 Å². The molecule has 0 saturated carbocycles. The zero-order valence-electron chi connectivity index (χ0n) is 10.5. The van der Waals surface area contributed by atoms with Crippen molar-refractivity contribution in [2.75, 3.05) is 7.11 Å². The van der Waals surface area contributed by atoms with Crippen LogP contribution in [0.1, 0.15) is 13.8 Å². The molecular formula is C14H14O3S. The Bertz CT molecular complexity index is 619. The number of methoxy groups -OCH3 is 1. The Morgan fingerprint density at radius 2 is 1.78 bits per heavy atom. The first-order valence-corrected chi connectivity index (χ1v) is 6.09. The minimum Gasteiger partial charge on any atom is -0.497 e. The Morgan fingerprint density at radius 1 is 1.17 bits per heavy atom. The van der Waals surface area contributed by atoms with E-state index < -0.39 is 0 Å². The quantitative estimate of drug-likeness (QED) is 0.793. The van der Waals surface area contributed by atoms with Gasteiger partial charge in [-0.3, -0.25) is 4.79 Å². The van der Waals surface area contributed by atoms with Crippen LogP contribution in [0, 0.1) is 4.51 Å². The minimum atomic E-state index is -0.176. The summed E-state index contributed by atoms with van der Waals surface area (Å²) in [5, 5.41) is 0. The lowest BCUT2D eigenvalue weighted by Crippen LogP contribution is -2.20. The summed E-state index contributed by atoms with van der Waals surface area (Å²) in [6.45, 7) is 3.76. The highest BCUT2D eigenvalue weighted by Gasteiger charge is 2.21. The molecule has 18 heavy (non-hydrogen) atoms. The molecular weight excluding hydrogens is 248 g/mol. The Hall–Kier alpha value is -1.68. The van der Waals surface area contributed by atoms with Gasteiger partial charge in [0.2, 0.25) is 5.43 Å². The molecule has 0 aliphatic carbocycles. The van der Waals surface area contributed by atoms with Gasteiger partial charge in [-0.15, -0.1) is 0 Å². The van der Waals surface area contributed by atoms with Gasteiger partial charge in [-0.25, -0.2) is 0 Å². The summed E-state index contributed by atoms with van der Waals surface area (Å²) in [7, 11) is 1.61. The third-order valence-electron chi connectivity index (χ3n) is 2.60. The second-order valence-electron chi connectivity index (χ2n) is 4.26. The van der Waals surface area contributed by atoms with Crippen molar-refractivity contribution < 1.29 is 9.47 Å². The average Bonchev–Trinajstić information content (AvgIpc) is 2.38. The molecule has 0 spiro atoms. The first-order chi connectivity index (χ1) is 8.54. The normalized spacial score (nSPS) is 10.9. The molecule has 0 aliphatic heterocycles. The fourth-order valence-corrected chi connectivity index (χ4v) is 2.04. The summed E-state index contributed by atoms with van der Waals surface area (Å²) >= 11 is 5.08. The van der Waals surface area contributed by atoms with Gasteiger partial charge in [0.25, 0.3) is 0 Å². The van der Waals surface area contributed by atoms with E-state index in [0.717, 1.165) is 16.9 Å². The van der Waals surface area contributed by atoms with E-state index in [-0.39, 0.29) is 11.5 Å². The third-order valence-corrected chi connectivity index (χ3v) is 2.99. The van der Waals surface area contributed by atoms with E-state index >= 15 is 0 Å². The van der Waals surface area contributed by atoms with Crippen LogP contribution in [-0.4, -0.2) is 13.2 Å². The second kappa shape index (κ2) is 4.90. The molecule has 0 saturated heterocycles. The second-order valence-corrected chi connectivity index (χ2v) is 4.67. The van der Waals surface area contributed by atoms with E-state index in [9.17, 15) is 4.79 Å². The highest BCUT2D eigenvalue weighted by atomic mass is 32.1. The maximum absolute atomic E-state index is 11.7. The van der Waals surface area contributed by atoms with Crippen molar-refractivity contribution in [3.05, 3.63) is 39.0 Å². The number of hydrogen-bond acceptors (Lipinski definition) is 4. The summed E-state index contributed by atoms with van der Waals surface area (Å²) in [6.07, 6.45) is -0.0414. The zero-order chi connectivity index (χ0) is 13.3. The van der Waals surface area contributed by atoms with E-state index in [1.165, 1.54) is 0 Å². The average molecular weight is 262 g/mol. The number of rotatable bonds is 4. The van der Waals surface area contributed by atoms with Crippen molar-refractivity contribution in [3.63, 3.8) is 0 Å². The van der Waals surface area contributed by atoms with Crippen molar-refractivity contribution >= 4 is 12.2 Å². The van der Waals surface area contributed by atoms with Crippen LogP contribution in [0.4, 0.5) is 0 Å². The first kappa shape index (κ1) is 12.8. The van der Waals surface area contributed by atoms with E-state index in [1.807, 2.05) is 38.1 Å². The molecule has 0 amide bonds. The predicted octanol–water partition coefficient (Wildman–Crippen LogP) is 3.11. The minimum absolute atomic E-state index is 0.0414. The van der Waals surface area contributed by atoms with Crippen molar-refractivity contribution in [2.24, 2.45) is 0 Å². The number of hydrogen-bond donors (Lipinski definition) is 0. The Balaban J connectivity index is 2.41. The number of ether oxygens (including phenoxy) is 2. The molecule has 2 rings (SSSR count). The lowest BCUT2D eigenvalue weighted by atomic mass is 10.0.